The number of halogens is 3. The third kappa shape index (κ3) is 7.95. The molecule has 3 aromatic rings. The number of nitrogens with zero attached hydrogens (tertiary/aromatic N) is 1. The molecule has 0 fully saturated rings. The first kappa shape index (κ1) is 31.1. The molecule has 4 nitrogen and oxygen atoms in total. The highest BCUT2D eigenvalue weighted by molar-refractivity contribution is 9.10. The molecule has 0 heterocycles. The van der Waals surface area contributed by atoms with Gasteiger partial charge in [-0.3, -0.25) is 0 Å². The Labute approximate surface area is 238 Å². The number of carbonyl (C=O) groups excluding carboxylic acids is 1. The Bertz CT molecular complexity index is 1290. The van der Waals surface area contributed by atoms with E-state index in [0.29, 0.717) is 29.2 Å². The Kier molecular flexibility index (Phi) is 12.6. The molecule has 0 radical (unpaired) electrons. The number of benzene rings is 3. The minimum absolute atomic E-state index is 0.182. The van der Waals surface area contributed by atoms with Gasteiger partial charge in [0.15, 0.2) is 0 Å². The summed E-state index contributed by atoms with van der Waals surface area (Å²) < 4.78 is 25.9. The summed E-state index contributed by atoms with van der Waals surface area (Å²) in [7, 11) is 0. The number of esters is 1. The van der Waals surface area contributed by atoms with Crippen LogP contribution in [0, 0.1) is 5.82 Å². The Morgan fingerprint density at radius 1 is 1.11 bits per heavy atom. The van der Waals surface area contributed by atoms with E-state index < -0.39 is 0 Å². The van der Waals surface area contributed by atoms with Crippen molar-refractivity contribution in [1.82, 2.24) is 0 Å². The average molecular weight is 603 g/mol. The summed E-state index contributed by atoms with van der Waals surface area (Å²) >= 11 is 9.56. The van der Waals surface area contributed by atoms with E-state index in [1.807, 2.05) is 69.0 Å². The van der Waals surface area contributed by atoms with E-state index in [9.17, 15) is 9.18 Å². The van der Waals surface area contributed by atoms with E-state index in [1.165, 1.54) is 12.1 Å². The topological polar surface area (TPSA) is 38.8 Å². The van der Waals surface area contributed by atoms with Crippen molar-refractivity contribution >= 4 is 44.9 Å². The zero-order chi connectivity index (χ0) is 28.2. The van der Waals surface area contributed by atoms with Gasteiger partial charge in [0.25, 0.3) is 0 Å². The van der Waals surface area contributed by atoms with Gasteiger partial charge >= 0.3 is 5.97 Å². The fourth-order valence-electron chi connectivity index (χ4n) is 3.68. The van der Waals surface area contributed by atoms with Crippen molar-refractivity contribution in [3.63, 3.8) is 0 Å². The lowest BCUT2D eigenvalue weighted by atomic mass is 10.1. The summed E-state index contributed by atoms with van der Waals surface area (Å²) in [5.74, 6) is 0.0589. The monoisotopic (exact) mass is 601 g/mol. The van der Waals surface area contributed by atoms with E-state index in [2.05, 4.69) is 22.5 Å². The van der Waals surface area contributed by atoms with Crippen molar-refractivity contribution in [3.05, 3.63) is 112 Å². The first-order valence-corrected chi connectivity index (χ1v) is 13.8. The Balaban J connectivity index is 0.00000247. The van der Waals surface area contributed by atoms with E-state index in [-0.39, 0.29) is 24.3 Å². The van der Waals surface area contributed by atoms with Crippen molar-refractivity contribution in [2.24, 2.45) is 0 Å². The molecule has 3 rings (SSSR count). The maximum Gasteiger partial charge on any atom is 0.338 e. The second kappa shape index (κ2) is 15.4. The van der Waals surface area contributed by atoms with Crippen molar-refractivity contribution in [2.75, 3.05) is 11.5 Å². The van der Waals surface area contributed by atoms with Gasteiger partial charge < -0.3 is 14.4 Å². The third-order valence-corrected chi connectivity index (χ3v) is 6.39. The van der Waals surface area contributed by atoms with Crippen molar-refractivity contribution in [1.29, 1.82) is 0 Å². The molecule has 0 spiro atoms. The van der Waals surface area contributed by atoms with E-state index in [0.717, 1.165) is 27.0 Å². The molecule has 0 aliphatic carbocycles. The predicted molar refractivity (Wildman–Crippen MR) is 159 cm³/mol. The van der Waals surface area contributed by atoms with Gasteiger partial charge in [-0.1, -0.05) is 54.6 Å². The lowest BCUT2D eigenvalue weighted by Gasteiger charge is -2.29. The maximum absolute atomic E-state index is 13.6. The van der Waals surface area contributed by atoms with Gasteiger partial charge in [-0.05, 0) is 80.4 Å². The molecule has 7 heteroatoms. The molecule has 0 N–H and O–H groups in total. The molecule has 0 aliphatic rings. The second-order valence-electron chi connectivity index (χ2n) is 7.96. The highest BCUT2D eigenvalue weighted by Gasteiger charge is 2.20. The van der Waals surface area contributed by atoms with Gasteiger partial charge in [0.1, 0.15) is 18.2 Å². The van der Waals surface area contributed by atoms with Crippen LogP contribution >= 0.6 is 27.5 Å². The van der Waals surface area contributed by atoms with E-state index in [1.54, 1.807) is 25.1 Å². The van der Waals surface area contributed by atoms with Crippen LogP contribution in [0.5, 0.6) is 5.75 Å². The minimum Gasteiger partial charge on any atom is -0.488 e. The van der Waals surface area contributed by atoms with Gasteiger partial charge in [-0.15, -0.1) is 11.6 Å². The molecular formula is C31H34BrClFNO3. The lowest BCUT2D eigenvalue weighted by molar-refractivity contribution is 0.0526. The first-order valence-electron chi connectivity index (χ1n) is 12.4. The van der Waals surface area contributed by atoms with Crippen LogP contribution in [0.4, 0.5) is 10.1 Å². The molecular weight excluding hydrogens is 569 g/mol. The molecule has 0 bridgehead atoms. The Morgan fingerprint density at radius 2 is 1.84 bits per heavy atom. The summed E-state index contributed by atoms with van der Waals surface area (Å²) in [6.07, 6.45) is 1.96. The molecule has 38 heavy (non-hydrogen) atoms. The fraction of sp³-hybridized carbons (Fsp3) is 0.258. The van der Waals surface area contributed by atoms with Gasteiger partial charge in [0.2, 0.25) is 0 Å². The molecule has 0 saturated heterocycles. The van der Waals surface area contributed by atoms with Crippen molar-refractivity contribution in [3.8, 4) is 5.75 Å². The van der Waals surface area contributed by atoms with Crippen LogP contribution in [0.3, 0.4) is 0 Å². The number of ether oxygens (including phenoxy) is 2. The summed E-state index contributed by atoms with van der Waals surface area (Å²) in [4.78, 5) is 14.3. The summed E-state index contributed by atoms with van der Waals surface area (Å²) in [6, 6.07) is 17.4. The smallest absolute Gasteiger partial charge is 0.338 e. The van der Waals surface area contributed by atoms with Crippen LogP contribution in [-0.4, -0.2) is 12.6 Å². The van der Waals surface area contributed by atoms with Crippen LogP contribution < -0.4 is 9.64 Å². The molecule has 202 valence electrons. The van der Waals surface area contributed by atoms with Crippen LogP contribution in [0.25, 0.3) is 5.70 Å². The number of alkyl halides is 1. The quantitative estimate of drug-likeness (QED) is 0.171. The summed E-state index contributed by atoms with van der Waals surface area (Å²) in [6.45, 7) is 14.6. The predicted octanol–water partition coefficient (Wildman–Crippen LogP) is 9.51. The molecule has 0 amide bonds. The number of allylic oxidation sites excluding steroid dienone is 2. The van der Waals surface area contributed by atoms with Gasteiger partial charge in [-0.25, -0.2) is 9.18 Å². The summed E-state index contributed by atoms with van der Waals surface area (Å²) in [5.41, 5.74) is 5.00. The van der Waals surface area contributed by atoms with Crippen molar-refractivity contribution in [2.45, 2.75) is 47.1 Å². The highest BCUT2D eigenvalue weighted by atomic mass is 79.9. The number of rotatable bonds is 10. The standard InChI is InChI=1S/C29H28BrClFNO3.C2H6/c1-5-19(3)33(26-9-7-8-21(15-26)29(34)35-6-2)20(4)27-16-24(30)11-13-28(27)36-18-22-10-12-25(32)14-23(22)17-31;1-2/h5,7-16H,4,6,17-18H2,1-3H3;1-2H3/b19-5-;. The van der Waals surface area contributed by atoms with E-state index in [4.69, 9.17) is 21.1 Å². The second-order valence-corrected chi connectivity index (χ2v) is 9.14. The number of hydrogen-bond donors (Lipinski definition) is 0. The van der Waals surface area contributed by atoms with Gasteiger partial charge in [0, 0.05) is 33.0 Å². The van der Waals surface area contributed by atoms with Crippen LogP contribution in [-0.2, 0) is 17.2 Å². The largest absolute Gasteiger partial charge is 0.488 e. The molecule has 0 unspecified atom stereocenters. The van der Waals surface area contributed by atoms with Crippen LogP contribution in [0.15, 0.2) is 83.5 Å². The van der Waals surface area contributed by atoms with Crippen LogP contribution in [0.1, 0.15) is 61.7 Å². The molecule has 0 saturated carbocycles. The number of hydrogen-bond acceptors (Lipinski definition) is 4. The molecule has 0 aromatic heterocycles. The maximum atomic E-state index is 13.6. The first-order chi connectivity index (χ1) is 18.3. The SMILES string of the molecule is C=C(c1cc(Br)ccc1OCc1ccc(F)cc1CCl)N(/C(C)=C\C)c1cccc(C(=O)OCC)c1.CC. The molecule has 0 aliphatic heterocycles. The minimum atomic E-state index is -0.385. The zero-order valence-electron chi connectivity index (χ0n) is 22.5. The Hall–Kier alpha value is -3.09. The fourth-order valence-corrected chi connectivity index (χ4v) is 4.29. The number of anilines is 1. The Morgan fingerprint density at radius 3 is 2.50 bits per heavy atom. The summed E-state index contributed by atoms with van der Waals surface area (Å²) in [5, 5.41) is 0. The molecule has 3 aromatic carbocycles. The van der Waals surface area contributed by atoms with Crippen LogP contribution in [0.2, 0.25) is 0 Å². The average Bonchev–Trinajstić information content (AvgIpc) is 2.94. The zero-order valence-corrected chi connectivity index (χ0v) is 24.8. The number of carbonyl (C=O) groups is 1. The normalized spacial score (nSPS) is 10.8. The van der Waals surface area contributed by atoms with E-state index >= 15 is 0 Å². The lowest BCUT2D eigenvalue weighted by Crippen LogP contribution is -2.20. The van der Waals surface area contributed by atoms with Gasteiger partial charge in [-0.2, -0.15) is 0 Å². The van der Waals surface area contributed by atoms with Crippen molar-refractivity contribution < 1.29 is 18.7 Å². The molecule has 0 atom stereocenters. The van der Waals surface area contributed by atoms with Gasteiger partial charge in [0.05, 0.1) is 12.2 Å². The third-order valence-electron chi connectivity index (χ3n) is 5.60. The highest BCUT2D eigenvalue weighted by Crippen LogP contribution is 2.36.